The SMILES string of the molecule is C=C1CCC(=O)N1C(C)(C)C. The molecule has 0 atom stereocenters. The molecule has 1 amide bonds. The van der Waals surface area contributed by atoms with Crippen molar-refractivity contribution < 1.29 is 4.79 Å². The zero-order chi connectivity index (χ0) is 8.65. The highest BCUT2D eigenvalue weighted by Crippen LogP contribution is 2.28. The second-order valence-electron chi connectivity index (χ2n) is 3.97. The van der Waals surface area contributed by atoms with Crippen molar-refractivity contribution in [3.05, 3.63) is 12.3 Å². The van der Waals surface area contributed by atoms with Crippen LogP contribution in [0.3, 0.4) is 0 Å². The Bertz CT molecular complexity index is 184. The summed E-state index contributed by atoms with van der Waals surface area (Å²) in [6.45, 7) is 9.95. The molecule has 1 aliphatic heterocycles. The summed E-state index contributed by atoms with van der Waals surface area (Å²) >= 11 is 0. The van der Waals surface area contributed by atoms with Gasteiger partial charge in [-0.15, -0.1) is 0 Å². The van der Waals surface area contributed by atoms with Gasteiger partial charge in [0.15, 0.2) is 0 Å². The Morgan fingerprint density at radius 1 is 1.36 bits per heavy atom. The maximum atomic E-state index is 11.3. The first-order valence-electron chi connectivity index (χ1n) is 3.94. The number of nitrogens with zero attached hydrogens (tertiary/aromatic N) is 1. The summed E-state index contributed by atoms with van der Waals surface area (Å²) in [7, 11) is 0. The summed E-state index contributed by atoms with van der Waals surface area (Å²) in [6.07, 6.45) is 1.46. The number of hydrogen-bond donors (Lipinski definition) is 0. The first kappa shape index (κ1) is 8.31. The molecule has 0 radical (unpaired) electrons. The maximum absolute atomic E-state index is 11.3. The molecular weight excluding hydrogens is 138 g/mol. The number of allylic oxidation sites excluding steroid dienone is 1. The first-order chi connectivity index (χ1) is 4.93. The number of carbonyl (C=O) groups excluding carboxylic acids is 1. The van der Waals surface area contributed by atoms with Crippen LogP contribution in [0.1, 0.15) is 33.6 Å². The number of carbonyl (C=O) groups is 1. The summed E-state index contributed by atoms with van der Waals surface area (Å²) in [6, 6.07) is 0. The molecule has 62 valence electrons. The van der Waals surface area contributed by atoms with Crippen LogP contribution in [0.15, 0.2) is 12.3 Å². The standard InChI is InChI=1S/C9H15NO/c1-7-5-6-8(11)10(7)9(2,3)4/h1,5-6H2,2-4H3. The summed E-state index contributed by atoms with van der Waals surface area (Å²) in [4.78, 5) is 13.1. The maximum Gasteiger partial charge on any atom is 0.227 e. The van der Waals surface area contributed by atoms with Crippen LogP contribution < -0.4 is 0 Å². The molecule has 0 aromatic rings. The minimum atomic E-state index is -0.0926. The molecule has 0 bridgehead atoms. The zero-order valence-electron chi connectivity index (χ0n) is 7.48. The van der Waals surface area contributed by atoms with Gasteiger partial charge in [-0.25, -0.2) is 0 Å². The second-order valence-corrected chi connectivity index (χ2v) is 3.97. The minimum Gasteiger partial charge on any atom is -0.312 e. The molecule has 0 spiro atoms. The van der Waals surface area contributed by atoms with Crippen LogP contribution in [0, 0.1) is 0 Å². The Morgan fingerprint density at radius 2 is 1.91 bits per heavy atom. The van der Waals surface area contributed by atoms with E-state index in [2.05, 4.69) is 6.58 Å². The van der Waals surface area contributed by atoms with Crippen molar-refractivity contribution in [3.63, 3.8) is 0 Å². The van der Waals surface area contributed by atoms with Crippen LogP contribution in [0.5, 0.6) is 0 Å². The number of amides is 1. The second kappa shape index (κ2) is 2.36. The summed E-state index contributed by atoms with van der Waals surface area (Å²) < 4.78 is 0. The van der Waals surface area contributed by atoms with Crippen molar-refractivity contribution in [2.24, 2.45) is 0 Å². The lowest BCUT2D eigenvalue weighted by atomic mass is 10.1. The molecule has 0 unspecified atom stereocenters. The Labute approximate surface area is 67.9 Å². The average Bonchev–Trinajstić information content (AvgIpc) is 2.08. The molecule has 0 aromatic heterocycles. The molecule has 0 aliphatic carbocycles. The molecule has 2 nitrogen and oxygen atoms in total. The third-order valence-corrected chi connectivity index (χ3v) is 1.86. The highest BCUT2D eigenvalue weighted by Gasteiger charge is 2.32. The fourth-order valence-corrected chi connectivity index (χ4v) is 1.50. The first-order valence-corrected chi connectivity index (χ1v) is 3.94. The number of rotatable bonds is 0. The summed E-state index contributed by atoms with van der Waals surface area (Å²) in [5.74, 6) is 0.211. The Hall–Kier alpha value is -0.790. The van der Waals surface area contributed by atoms with Gasteiger partial charge in [0.05, 0.1) is 0 Å². The van der Waals surface area contributed by atoms with Gasteiger partial charge in [-0.1, -0.05) is 6.58 Å². The van der Waals surface area contributed by atoms with Crippen LogP contribution in [0.25, 0.3) is 0 Å². The smallest absolute Gasteiger partial charge is 0.227 e. The van der Waals surface area contributed by atoms with Crippen molar-refractivity contribution in [1.82, 2.24) is 4.90 Å². The molecule has 2 heteroatoms. The normalized spacial score (nSPS) is 19.7. The lowest BCUT2D eigenvalue weighted by molar-refractivity contribution is -0.130. The highest BCUT2D eigenvalue weighted by molar-refractivity contribution is 5.81. The molecule has 11 heavy (non-hydrogen) atoms. The number of likely N-dealkylation sites (tertiary alicyclic amines) is 1. The van der Waals surface area contributed by atoms with E-state index in [1.807, 2.05) is 20.8 Å². The van der Waals surface area contributed by atoms with Crippen LogP contribution in [-0.4, -0.2) is 16.3 Å². The van der Waals surface area contributed by atoms with Gasteiger partial charge in [0.1, 0.15) is 0 Å². The Balaban J connectivity index is 2.85. The van der Waals surface area contributed by atoms with Gasteiger partial charge in [-0.3, -0.25) is 4.79 Å². The molecule has 0 aromatic carbocycles. The third kappa shape index (κ3) is 1.44. The number of hydrogen-bond acceptors (Lipinski definition) is 1. The van der Waals surface area contributed by atoms with E-state index in [0.717, 1.165) is 12.1 Å². The minimum absolute atomic E-state index is 0.0926. The van der Waals surface area contributed by atoms with E-state index in [1.54, 1.807) is 4.90 Å². The van der Waals surface area contributed by atoms with Crippen LogP contribution in [-0.2, 0) is 4.79 Å². The van der Waals surface area contributed by atoms with E-state index in [9.17, 15) is 4.79 Å². The Morgan fingerprint density at radius 3 is 2.09 bits per heavy atom. The molecule has 1 aliphatic rings. The van der Waals surface area contributed by atoms with Gasteiger partial charge < -0.3 is 4.90 Å². The molecule has 0 N–H and O–H groups in total. The topological polar surface area (TPSA) is 20.3 Å². The molecule has 1 rings (SSSR count). The van der Waals surface area contributed by atoms with Crippen molar-refractivity contribution in [3.8, 4) is 0 Å². The molecule has 1 fully saturated rings. The third-order valence-electron chi connectivity index (χ3n) is 1.86. The van der Waals surface area contributed by atoms with Crippen molar-refractivity contribution in [2.75, 3.05) is 0 Å². The van der Waals surface area contributed by atoms with Crippen molar-refractivity contribution in [1.29, 1.82) is 0 Å². The van der Waals surface area contributed by atoms with Gasteiger partial charge in [-0.05, 0) is 27.2 Å². The van der Waals surface area contributed by atoms with Gasteiger partial charge in [0, 0.05) is 17.7 Å². The van der Waals surface area contributed by atoms with E-state index in [-0.39, 0.29) is 11.4 Å². The quantitative estimate of drug-likeness (QED) is 0.520. The molecular formula is C9H15NO. The van der Waals surface area contributed by atoms with E-state index in [4.69, 9.17) is 0 Å². The predicted molar refractivity (Wildman–Crippen MR) is 45.0 cm³/mol. The van der Waals surface area contributed by atoms with Crippen molar-refractivity contribution >= 4 is 5.91 Å². The van der Waals surface area contributed by atoms with E-state index in [0.29, 0.717) is 6.42 Å². The van der Waals surface area contributed by atoms with Gasteiger partial charge in [0.25, 0.3) is 0 Å². The monoisotopic (exact) mass is 153 g/mol. The lowest BCUT2D eigenvalue weighted by Gasteiger charge is -2.32. The van der Waals surface area contributed by atoms with Crippen LogP contribution in [0.2, 0.25) is 0 Å². The summed E-state index contributed by atoms with van der Waals surface area (Å²) in [5.41, 5.74) is 0.868. The van der Waals surface area contributed by atoms with Crippen LogP contribution >= 0.6 is 0 Å². The van der Waals surface area contributed by atoms with Crippen LogP contribution in [0.4, 0.5) is 0 Å². The lowest BCUT2D eigenvalue weighted by Crippen LogP contribution is -2.40. The molecule has 1 saturated heterocycles. The van der Waals surface area contributed by atoms with E-state index in [1.165, 1.54) is 0 Å². The molecule has 0 saturated carbocycles. The summed E-state index contributed by atoms with van der Waals surface area (Å²) in [5, 5.41) is 0. The van der Waals surface area contributed by atoms with Gasteiger partial charge in [-0.2, -0.15) is 0 Å². The average molecular weight is 153 g/mol. The van der Waals surface area contributed by atoms with Gasteiger partial charge >= 0.3 is 0 Å². The van der Waals surface area contributed by atoms with Gasteiger partial charge in [0.2, 0.25) is 5.91 Å². The molecule has 1 heterocycles. The van der Waals surface area contributed by atoms with E-state index >= 15 is 0 Å². The zero-order valence-corrected chi connectivity index (χ0v) is 7.48. The highest BCUT2D eigenvalue weighted by atomic mass is 16.2. The fraction of sp³-hybridized carbons (Fsp3) is 0.667. The van der Waals surface area contributed by atoms with E-state index < -0.39 is 0 Å². The fourth-order valence-electron chi connectivity index (χ4n) is 1.50. The Kier molecular flexibility index (Phi) is 1.78. The predicted octanol–water partition coefficient (Wildman–Crippen LogP) is 1.92. The van der Waals surface area contributed by atoms with Crippen molar-refractivity contribution in [2.45, 2.75) is 39.2 Å². The largest absolute Gasteiger partial charge is 0.312 e.